The summed E-state index contributed by atoms with van der Waals surface area (Å²) < 4.78 is 29.7. The lowest BCUT2D eigenvalue weighted by atomic mass is 9.89. The number of pyridine rings is 1. The van der Waals surface area contributed by atoms with Gasteiger partial charge in [0.1, 0.15) is 17.7 Å². The van der Waals surface area contributed by atoms with Gasteiger partial charge in [-0.2, -0.15) is 0 Å². The molecule has 0 saturated heterocycles. The van der Waals surface area contributed by atoms with Gasteiger partial charge in [0, 0.05) is 54.4 Å². The van der Waals surface area contributed by atoms with Crippen molar-refractivity contribution in [2.45, 2.75) is 77.6 Å². The van der Waals surface area contributed by atoms with Gasteiger partial charge in [-0.15, -0.1) is 0 Å². The molecule has 36 heavy (non-hydrogen) atoms. The lowest BCUT2D eigenvalue weighted by molar-refractivity contribution is -0.141. The molecule has 194 valence electrons. The van der Waals surface area contributed by atoms with E-state index in [1.54, 1.807) is 0 Å². The van der Waals surface area contributed by atoms with E-state index in [0.29, 0.717) is 12.0 Å². The van der Waals surface area contributed by atoms with Gasteiger partial charge in [0.25, 0.3) is 0 Å². The smallest absolute Gasteiger partial charge is 0.303 e. The number of hydrogen-bond donors (Lipinski definition) is 1. The molecule has 0 saturated carbocycles. The first-order chi connectivity index (χ1) is 16.8. The standard InChI is InChI=1S/C27H34F2N2O4Si/c1-16(2)21-10-9-18-22(30-21)11-12-31(24(33)7-6-8-25(34)35)26(18)23(32)15-17-13-19(28)27(20(29)14-17)36(3,4)5/h9-10,13-14,16,26H,6-8,11-12,15H2,1-5H3,(H,34,35)/t26-/m1/s1. The zero-order valence-corrected chi connectivity index (χ0v) is 22.5. The number of ketones is 1. The van der Waals surface area contributed by atoms with E-state index in [1.807, 2.05) is 45.6 Å². The van der Waals surface area contributed by atoms with Gasteiger partial charge in [-0.1, -0.05) is 39.6 Å². The molecule has 0 fully saturated rings. The predicted molar refractivity (Wildman–Crippen MR) is 136 cm³/mol. The Labute approximate surface area is 211 Å². The third kappa shape index (κ3) is 6.24. The van der Waals surface area contributed by atoms with Crippen molar-refractivity contribution in [2.24, 2.45) is 0 Å². The largest absolute Gasteiger partial charge is 0.481 e. The number of carbonyl (C=O) groups excluding carboxylic acids is 2. The average molecular weight is 517 g/mol. The SMILES string of the molecule is CC(C)c1ccc2c(n1)CCN(C(=O)CCCC(=O)O)[C@H]2C(=O)Cc1cc(F)c([Si](C)(C)C)c(F)c1. The molecule has 2 aromatic rings. The fourth-order valence-corrected chi connectivity index (χ4v) is 6.29. The Morgan fingerprint density at radius 3 is 2.31 bits per heavy atom. The molecule has 0 radical (unpaired) electrons. The van der Waals surface area contributed by atoms with Crippen LogP contribution in [0.3, 0.4) is 0 Å². The second kappa shape index (κ2) is 11.0. The van der Waals surface area contributed by atoms with Gasteiger partial charge in [0.15, 0.2) is 5.78 Å². The van der Waals surface area contributed by atoms with Crippen molar-refractivity contribution in [3.05, 3.63) is 58.4 Å². The highest BCUT2D eigenvalue weighted by atomic mass is 28.3. The van der Waals surface area contributed by atoms with Gasteiger partial charge < -0.3 is 10.0 Å². The number of hydrogen-bond acceptors (Lipinski definition) is 4. The Hall–Kier alpha value is -2.94. The molecule has 1 N–H and O–H groups in total. The normalized spacial score (nSPS) is 15.7. The number of fused-ring (bicyclic) bond motifs is 1. The Bertz CT molecular complexity index is 1150. The average Bonchev–Trinajstić information content (AvgIpc) is 2.75. The van der Waals surface area contributed by atoms with Crippen molar-refractivity contribution >= 4 is 30.9 Å². The van der Waals surface area contributed by atoms with Crippen molar-refractivity contribution in [1.82, 2.24) is 9.88 Å². The molecule has 1 amide bonds. The summed E-state index contributed by atoms with van der Waals surface area (Å²) in [6.07, 6.45) is 0.248. The highest BCUT2D eigenvalue weighted by Gasteiger charge is 2.36. The number of amides is 1. The Balaban J connectivity index is 1.95. The highest BCUT2D eigenvalue weighted by Crippen LogP contribution is 2.33. The molecule has 1 aliphatic rings. The molecular formula is C27H34F2N2O4Si. The molecule has 0 spiro atoms. The molecule has 1 atom stereocenters. The first-order valence-electron chi connectivity index (χ1n) is 12.3. The first-order valence-corrected chi connectivity index (χ1v) is 15.8. The Morgan fingerprint density at radius 2 is 1.75 bits per heavy atom. The monoisotopic (exact) mass is 516 g/mol. The third-order valence-corrected chi connectivity index (χ3v) is 8.43. The summed E-state index contributed by atoms with van der Waals surface area (Å²) in [4.78, 5) is 43.7. The predicted octanol–water partition coefficient (Wildman–Crippen LogP) is 4.52. The molecule has 0 aliphatic carbocycles. The van der Waals surface area contributed by atoms with Crippen LogP contribution in [0.1, 0.15) is 67.6 Å². The van der Waals surface area contributed by atoms with E-state index in [0.717, 1.165) is 11.4 Å². The molecule has 1 aromatic carbocycles. The van der Waals surface area contributed by atoms with E-state index < -0.39 is 31.7 Å². The second-order valence-corrected chi connectivity index (χ2v) is 15.7. The maximum absolute atomic E-state index is 14.8. The molecule has 1 aromatic heterocycles. The van der Waals surface area contributed by atoms with Crippen molar-refractivity contribution < 1.29 is 28.3 Å². The molecule has 0 unspecified atom stereocenters. The maximum atomic E-state index is 14.8. The fraction of sp³-hybridized carbons (Fsp3) is 0.481. The summed E-state index contributed by atoms with van der Waals surface area (Å²) in [5.74, 6) is -2.77. The number of Topliss-reactive ketones (excluding diaryl/α,β-unsaturated/α-hetero) is 1. The van der Waals surface area contributed by atoms with Gasteiger partial charge in [0.2, 0.25) is 5.91 Å². The minimum atomic E-state index is -2.26. The molecular weight excluding hydrogens is 482 g/mol. The van der Waals surface area contributed by atoms with Crippen LogP contribution in [0.5, 0.6) is 0 Å². The van der Waals surface area contributed by atoms with Crippen molar-refractivity contribution in [1.29, 1.82) is 0 Å². The van der Waals surface area contributed by atoms with Gasteiger partial charge >= 0.3 is 5.97 Å². The van der Waals surface area contributed by atoms with E-state index in [1.165, 1.54) is 17.0 Å². The number of carboxylic acids is 1. The molecule has 0 bridgehead atoms. The molecule has 1 aliphatic heterocycles. The number of carbonyl (C=O) groups is 3. The maximum Gasteiger partial charge on any atom is 0.303 e. The lowest BCUT2D eigenvalue weighted by Crippen LogP contribution is -2.44. The van der Waals surface area contributed by atoms with Crippen LogP contribution in [0.15, 0.2) is 24.3 Å². The number of halogens is 2. The minimum Gasteiger partial charge on any atom is -0.481 e. The molecule has 3 rings (SSSR count). The van der Waals surface area contributed by atoms with Crippen LogP contribution in [-0.4, -0.2) is 47.3 Å². The van der Waals surface area contributed by atoms with Gasteiger partial charge in [-0.05, 0) is 36.1 Å². The summed E-state index contributed by atoms with van der Waals surface area (Å²) in [6.45, 7) is 9.86. The zero-order chi connectivity index (χ0) is 26.8. The van der Waals surface area contributed by atoms with Crippen molar-refractivity contribution in [2.75, 3.05) is 6.54 Å². The van der Waals surface area contributed by atoms with Crippen LogP contribution in [0.2, 0.25) is 19.6 Å². The summed E-state index contributed by atoms with van der Waals surface area (Å²) in [5, 5.41) is 9.01. The quantitative estimate of drug-likeness (QED) is 0.495. The Kier molecular flexibility index (Phi) is 8.43. The van der Waals surface area contributed by atoms with Crippen LogP contribution in [0.25, 0.3) is 0 Å². The summed E-state index contributed by atoms with van der Waals surface area (Å²) >= 11 is 0. The van der Waals surface area contributed by atoms with E-state index in [2.05, 4.69) is 0 Å². The molecule has 9 heteroatoms. The third-order valence-electron chi connectivity index (χ3n) is 6.46. The van der Waals surface area contributed by atoms with Crippen LogP contribution >= 0.6 is 0 Å². The lowest BCUT2D eigenvalue weighted by Gasteiger charge is -2.36. The number of rotatable bonds is 9. The fourth-order valence-electron chi connectivity index (χ4n) is 4.72. The van der Waals surface area contributed by atoms with Crippen LogP contribution in [0, 0.1) is 11.6 Å². The van der Waals surface area contributed by atoms with Gasteiger partial charge in [0.05, 0.1) is 8.07 Å². The number of aliphatic carboxylic acids is 1. The topological polar surface area (TPSA) is 87.6 Å². The van der Waals surface area contributed by atoms with E-state index >= 15 is 0 Å². The highest BCUT2D eigenvalue weighted by molar-refractivity contribution is 6.88. The van der Waals surface area contributed by atoms with Gasteiger partial charge in [-0.3, -0.25) is 19.4 Å². The van der Waals surface area contributed by atoms with Gasteiger partial charge in [-0.25, -0.2) is 8.78 Å². The summed E-state index contributed by atoms with van der Waals surface area (Å²) in [5.41, 5.74) is 2.45. The van der Waals surface area contributed by atoms with E-state index in [-0.39, 0.29) is 60.6 Å². The minimum absolute atomic E-state index is 0.00289. The van der Waals surface area contributed by atoms with Crippen LogP contribution < -0.4 is 5.19 Å². The molecule has 2 heterocycles. The second-order valence-electron chi connectivity index (χ2n) is 10.7. The van der Waals surface area contributed by atoms with E-state index in [4.69, 9.17) is 10.1 Å². The first kappa shape index (κ1) is 27.6. The van der Waals surface area contributed by atoms with E-state index in [9.17, 15) is 23.2 Å². The van der Waals surface area contributed by atoms with Crippen LogP contribution in [-0.2, 0) is 27.2 Å². The Morgan fingerprint density at radius 1 is 1.11 bits per heavy atom. The molecule has 6 nitrogen and oxygen atoms in total. The number of benzene rings is 1. The number of carboxylic acid groups (broad SMARTS) is 1. The summed E-state index contributed by atoms with van der Waals surface area (Å²) in [6, 6.07) is 5.15. The number of aromatic nitrogens is 1. The van der Waals surface area contributed by atoms with Crippen LogP contribution in [0.4, 0.5) is 8.78 Å². The van der Waals surface area contributed by atoms with Crippen molar-refractivity contribution in [3.63, 3.8) is 0 Å². The summed E-state index contributed by atoms with van der Waals surface area (Å²) in [7, 11) is -2.26. The van der Waals surface area contributed by atoms with Crippen molar-refractivity contribution in [3.8, 4) is 0 Å². The number of nitrogens with zero attached hydrogens (tertiary/aromatic N) is 2. The zero-order valence-electron chi connectivity index (χ0n) is 21.5.